The summed E-state index contributed by atoms with van der Waals surface area (Å²) >= 11 is 0. The van der Waals surface area contributed by atoms with Gasteiger partial charge in [0, 0.05) is 31.6 Å². The van der Waals surface area contributed by atoms with Crippen molar-refractivity contribution in [1.29, 1.82) is 0 Å². The van der Waals surface area contributed by atoms with Crippen molar-refractivity contribution < 1.29 is 4.74 Å². The summed E-state index contributed by atoms with van der Waals surface area (Å²) in [5, 5.41) is 0. The first-order valence-corrected chi connectivity index (χ1v) is 10.8. The number of nitrogens with zero attached hydrogens (tertiary/aromatic N) is 5. The third kappa shape index (κ3) is 3.04. The fourth-order valence-corrected chi connectivity index (χ4v) is 5.58. The highest BCUT2D eigenvalue weighted by Gasteiger charge is 2.35. The second kappa shape index (κ2) is 7.11. The van der Waals surface area contributed by atoms with E-state index >= 15 is 0 Å². The third-order valence-corrected chi connectivity index (χ3v) is 6.81. The molecule has 0 N–H and O–H groups in total. The molecule has 8 nitrogen and oxygen atoms in total. The minimum absolute atomic E-state index is 0.220. The summed E-state index contributed by atoms with van der Waals surface area (Å²) in [6.45, 7) is 11.6. The van der Waals surface area contributed by atoms with E-state index in [-0.39, 0.29) is 23.2 Å². The van der Waals surface area contributed by atoms with Gasteiger partial charge in [0.2, 0.25) is 5.78 Å². The Morgan fingerprint density at radius 2 is 1.87 bits per heavy atom. The summed E-state index contributed by atoms with van der Waals surface area (Å²) in [5.74, 6) is 1.38. The average molecular weight is 416 g/mol. The van der Waals surface area contributed by atoms with Gasteiger partial charge in [-0.25, -0.2) is 4.79 Å². The van der Waals surface area contributed by atoms with Crippen LogP contribution in [0.5, 0.6) is 0 Å². The van der Waals surface area contributed by atoms with Gasteiger partial charge in [0.05, 0.1) is 13.2 Å². The molecule has 1 aliphatic carbocycles. The van der Waals surface area contributed by atoms with Crippen molar-refractivity contribution in [3.05, 3.63) is 32.2 Å². The molecule has 0 unspecified atom stereocenters. The second-order valence-corrected chi connectivity index (χ2v) is 9.82. The Morgan fingerprint density at radius 1 is 1.17 bits per heavy atom. The molecule has 0 bridgehead atoms. The Hall–Kier alpha value is -2.35. The molecule has 4 rings (SSSR count). The smallest absolute Gasteiger partial charge is 0.332 e. The van der Waals surface area contributed by atoms with E-state index in [1.54, 1.807) is 14.2 Å². The minimum atomic E-state index is -0.362. The molecular weight excluding hydrogens is 382 g/mol. The molecule has 0 spiro atoms. The number of aromatic nitrogens is 5. The highest BCUT2D eigenvalue weighted by molar-refractivity contribution is 5.76. The molecule has 1 fully saturated rings. The number of ether oxygens (including phenoxy) is 1. The first kappa shape index (κ1) is 20.9. The molecule has 2 atom stereocenters. The van der Waals surface area contributed by atoms with E-state index in [0.717, 1.165) is 30.0 Å². The Bertz CT molecular complexity index is 1240. The average Bonchev–Trinajstić information content (AvgIpc) is 3.14. The summed E-state index contributed by atoms with van der Waals surface area (Å²) in [6, 6.07) is 0.324. The molecular formula is C22H33N5O3. The monoisotopic (exact) mass is 415 g/mol. The largest absolute Gasteiger partial charge is 0.383 e. The molecule has 1 saturated carbocycles. The van der Waals surface area contributed by atoms with E-state index in [1.807, 2.05) is 11.3 Å². The first-order valence-electron chi connectivity index (χ1n) is 10.8. The van der Waals surface area contributed by atoms with Gasteiger partial charge in [-0.05, 0) is 44.4 Å². The summed E-state index contributed by atoms with van der Waals surface area (Å²) in [4.78, 5) is 30.9. The maximum atomic E-state index is 13.3. The number of rotatable bonds is 4. The number of hydrogen-bond acceptors (Lipinski definition) is 4. The molecule has 1 aliphatic rings. The van der Waals surface area contributed by atoms with Crippen LogP contribution < -0.4 is 11.2 Å². The molecule has 3 heterocycles. The maximum absolute atomic E-state index is 13.3. The van der Waals surface area contributed by atoms with Crippen LogP contribution in [0.1, 0.15) is 57.5 Å². The summed E-state index contributed by atoms with van der Waals surface area (Å²) in [7, 11) is 3.24. The molecule has 0 saturated heterocycles. The van der Waals surface area contributed by atoms with Gasteiger partial charge in [-0.2, -0.15) is 4.98 Å². The van der Waals surface area contributed by atoms with Crippen molar-refractivity contribution in [2.45, 2.75) is 66.5 Å². The van der Waals surface area contributed by atoms with Crippen molar-refractivity contribution in [2.24, 2.45) is 18.4 Å². The van der Waals surface area contributed by atoms with E-state index in [4.69, 9.17) is 9.72 Å². The van der Waals surface area contributed by atoms with Crippen LogP contribution >= 0.6 is 0 Å². The molecule has 3 aromatic rings. The highest BCUT2D eigenvalue weighted by Crippen LogP contribution is 2.45. The van der Waals surface area contributed by atoms with E-state index < -0.39 is 0 Å². The number of imidazole rings is 2. The zero-order chi connectivity index (χ0) is 22.0. The molecule has 30 heavy (non-hydrogen) atoms. The van der Waals surface area contributed by atoms with Crippen LogP contribution in [-0.4, -0.2) is 36.8 Å². The van der Waals surface area contributed by atoms with E-state index in [9.17, 15) is 9.59 Å². The second-order valence-electron chi connectivity index (χ2n) is 9.82. The Kier molecular flexibility index (Phi) is 4.96. The topological polar surface area (TPSA) is 75.5 Å². The fourth-order valence-electron chi connectivity index (χ4n) is 5.58. The van der Waals surface area contributed by atoms with E-state index in [1.165, 1.54) is 15.6 Å². The van der Waals surface area contributed by atoms with Gasteiger partial charge in [0.1, 0.15) is 0 Å². The number of fused-ring (bicyclic) bond motifs is 3. The van der Waals surface area contributed by atoms with Gasteiger partial charge in [-0.1, -0.05) is 20.8 Å². The third-order valence-electron chi connectivity index (χ3n) is 6.81. The van der Waals surface area contributed by atoms with Gasteiger partial charge in [0.15, 0.2) is 11.2 Å². The van der Waals surface area contributed by atoms with Crippen LogP contribution in [0.2, 0.25) is 0 Å². The predicted octanol–water partition coefficient (Wildman–Crippen LogP) is 2.80. The lowest BCUT2D eigenvalue weighted by Gasteiger charge is -2.40. The summed E-state index contributed by atoms with van der Waals surface area (Å²) < 4.78 is 12.1. The molecule has 3 aromatic heterocycles. The van der Waals surface area contributed by atoms with E-state index in [0.29, 0.717) is 29.7 Å². The molecule has 164 valence electrons. The van der Waals surface area contributed by atoms with Crippen molar-refractivity contribution in [3.63, 3.8) is 0 Å². The lowest BCUT2D eigenvalue weighted by molar-refractivity contribution is 0.138. The molecule has 8 heteroatoms. The van der Waals surface area contributed by atoms with Gasteiger partial charge in [0.25, 0.3) is 5.56 Å². The first-order chi connectivity index (χ1) is 14.1. The van der Waals surface area contributed by atoms with Gasteiger partial charge in [-0.15, -0.1) is 0 Å². The Morgan fingerprint density at radius 3 is 2.50 bits per heavy atom. The van der Waals surface area contributed by atoms with Gasteiger partial charge in [-0.3, -0.25) is 18.3 Å². The maximum Gasteiger partial charge on any atom is 0.332 e. The lowest BCUT2D eigenvalue weighted by Crippen LogP contribution is -2.40. The molecule has 0 aromatic carbocycles. The van der Waals surface area contributed by atoms with E-state index in [2.05, 4.69) is 32.3 Å². The normalized spacial score (nSPS) is 21.7. The molecule has 0 aliphatic heterocycles. The summed E-state index contributed by atoms with van der Waals surface area (Å²) in [5.41, 5.74) is 2.62. The van der Waals surface area contributed by atoms with Crippen molar-refractivity contribution in [1.82, 2.24) is 23.1 Å². The van der Waals surface area contributed by atoms with Crippen molar-refractivity contribution in [3.8, 4) is 0 Å². The summed E-state index contributed by atoms with van der Waals surface area (Å²) in [6.07, 6.45) is 3.38. The zero-order valence-corrected chi connectivity index (χ0v) is 19.2. The van der Waals surface area contributed by atoms with Gasteiger partial charge < -0.3 is 9.30 Å². The zero-order valence-electron chi connectivity index (χ0n) is 19.2. The fraction of sp³-hybridized carbons (Fsp3) is 0.682. The van der Waals surface area contributed by atoms with Crippen LogP contribution in [0.3, 0.4) is 0 Å². The van der Waals surface area contributed by atoms with Crippen LogP contribution in [-0.2, 0) is 18.3 Å². The number of hydrogen-bond donors (Lipinski definition) is 0. The number of methoxy groups -OCH3 is 1. The Labute approximate surface area is 176 Å². The quantitative estimate of drug-likeness (QED) is 0.657. The SMILES string of the molecule is COCCn1c(=O)c2c(nc3n([C@H]4C[C@@H](C)CC(C)(C)C4)c(C)c(C)n23)n(C)c1=O. The van der Waals surface area contributed by atoms with Crippen molar-refractivity contribution >= 4 is 16.9 Å². The minimum Gasteiger partial charge on any atom is -0.383 e. The van der Waals surface area contributed by atoms with Crippen LogP contribution in [0.4, 0.5) is 0 Å². The van der Waals surface area contributed by atoms with Crippen molar-refractivity contribution in [2.75, 3.05) is 13.7 Å². The van der Waals surface area contributed by atoms with Crippen LogP contribution in [0.25, 0.3) is 16.9 Å². The Balaban J connectivity index is 2.02. The van der Waals surface area contributed by atoms with Crippen LogP contribution in [0, 0.1) is 25.2 Å². The lowest BCUT2D eigenvalue weighted by atomic mass is 9.70. The predicted molar refractivity (Wildman–Crippen MR) is 117 cm³/mol. The molecule has 0 radical (unpaired) electrons. The molecule has 0 amide bonds. The standard InChI is InChI=1S/C22H33N5O3/c1-13-10-16(12-22(4,5)11-13)26-14(2)15(3)27-17-18(23-20(26)27)24(6)21(29)25(19(17)28)8-9-30-7/h13,16H,8-12H2,1-7H3/t13-,16+/m1/s1. The highest BCUT2D eigenvalue weighted by atomic mass is 16.5. The van der Waals surface area contributed by atoms with Gasteiger partial charge >= 0.3 is 5.69 Å². The van der Waals surface area contributed by atoms with Crippen LogP contribution in [0.15, 0.2) is 9.59 Å². The number of aryl methyl sites for hydroxylation is 2.